The van der Waals surface area contributed by atoms with E-state index in [9.17, 15) is 9.18 Å². The lowest BCUT2D eigenvalue weighted by Gasteiger charge is -2.05. The van der Waals surface area contributed by atoms with Gasteiger partial charge in [-0.15, -0.1) is 0 Å². The van der Waals surface area contributed by atoms with Crippen LogP contribution in [0.3, 0.4) is 0 Å². The Hall–Kier alpha value is -1.42. The molecule has 14 heavy (non-hydrogen) atoms. The van der Waals surface area contributed by atoms with E-state index in [1.807, 2.05) is 0 Å². The Labute approximate surface area is 81.7 Å². The number of hydrogen-bond acceptors (Lipinski definition) is 2. The summed E-state index contributed by atoms with van der Waals surface area (Å²) in [6.45, 7) is 0. The second kappa shape index (κ2) is 4.72. The Balaban J connectivity index is 2.64. The van der Waals surface area contributed by atoms with Crippen molar-refractivity contribution >= 4 is 5.97 Å². The monoisotopic (exact) mass is 198 g/mol. The molecule has 0 aliphatic heterocycles. The molecule has 0 amide bonds. The van der Waals surface area contributed by atoms with Crippen LogP contribution in [0.4, 0.5) is 4.39 Å². The Morgan fingerprint density at radius 1 is 1.64 bits per heavy atom. The van der Waals surface area contributed by atoms with Crippen LogP contribution in [0.1, 0.15) is 5.56 Å². The summed E-state index contributed by atoms with van der Waals surface area (Å²) in [5, 5.41) is 0. The molecular weight excluding hydrogens is 185 g/mol. The van der Waals surface area contributed by atoms with Gasteiger partial charge in [0.25, 0.3) is 0 Å². The van der Waals surface area contributed by atoms with Crippen molar-refractivity contribution in [3.8, 4) is 0 Å². The smallest absolute Gasteiger partial charge is 0.364 e. The number of esters is 1. The minimum atomic E-state index is -0.484. The summed E-state index contributed by atoms with van der Waals surface area (Å²) in [6.07, 6.45) is 0.393. The highest BCUT2D eigenvalue weighted by Gasteiger charge is 2.17. The fourth-order valence-corrected chi connectivity index (χ4v) is 1.20. The van der Waals surface area contributed by atoms with Gasteiger partial charge in [0.1, 0.15) is 5.82 Å². The van der Waals surface area contributed by atoms with Crippen molar-refractivity contribution in [1.82, 2.24) is 0 Å². The highest BCUT2D eigenvalue weighted by atomic mass is 19.1. The molecule has 0 bridgehead atoms. The molecule has 0 aromatic heterocycles. The molecule has 0 radical (unpaired) electrons. The van der Waals surface area contributed by atoms with Crippen molar-refractivity contribution < 1.29 is 19.7 Å². The van der Waals surface area contributed by atoms with Crippen LogP contribution < -0.4 is 5.73 Å². The summed E-state index contributed by atoms with van der Waals surface area (Å²) in [5.74, 6) is -0.686. The molecule has 0 fully saturated rings. The van der Waals surface area contributed by atoms with Crippen molar-refractivity contribution in [2.45, 2.75) is 12.5 Å². The SMILES string of the molecule is COC(=O)[C@H]([NH3+])Cc1cccc(F)c1. The van der Waals surface area contributed by atoms with E-state index < -0.39 is 6.04 Å². The van der Waals surface area contributed by atoms with Gasteiger partial charge < -0.3 is 10.5 Å². The molecule has 0 unspecified atom stereocenters. The summed E-state index contributed by atoms with van der Waals surface area (Å²) < 4.78 is 17.3. The maximum atomic E-state index is 12.8. The predicted octanol–water partition coefficient (Wildman–Crippen LogP) is 0.152. The number of rotatable bonds is 3. The van der Waals surface area contributed by atoms with Gasteiger partial charge in [0.05, 0.1) is 7.11 Å². The molecule has 3 nitrogen and oxygen atoms in total. The molecule has 0 aliphatic rings. The Kier molecular flexibility index (Phi) is 3.59. The fraction of sp³-hybridized carbons (Fsp3) is 0.300. The molecular formula is C10H13FNO2+. The quantitative estimate of drug-likeness (QED) is 0.703. The normalized spacial score (nSPS) is 12.2. The molecule has 76 valence electrons. The lowest BCUT2D eigenvalue weighted by atomic mass is 10.1. The minimum Gasteiger partial charge on any atom is -0.465 e. The highest BCUT2D eigenvalue weighted by Crippen LogP contribution is 2.05. The lowest BCUT2D eigenvalue weighted by Crippen LogP contribution is -2.66. The van der Waals surface area contributed by atoms with Crippen LogP contribution in [0.2, 0.25) is 0 Å². The number of quaternary nitrogens is 1. The number of ether oxygens (including phenoxy) is 1. The first-order chi connectivity index (χ1) is 6.63. The molecule has 1 aromatic carbocycles. The largest absolute Gasteiger partial charge is 0.465 e. The van der Waals surface area contributed by atoms with Gasteiger partial charge in [0.15, 0.2) is 6.04 Å². The number of benzene rings is 1. The van der Waals surface area contributed by atoms with E-state index in [4.69, 9.17) is 0 Å². The van der Waals surface area contributed by atoms with Crippen LogP contribution in [-0.4, -0.2) is 19.1 Å². The highest BCUT2D eigenvalue weighted by molar-refractivity contribution is 5.74. The first-order valence-electron chi connectivity index (χ1n) is 4.29. The molecule has 1 rings (SSSR count). The zero-order valence-electron chi connectivity index (χ0n) is 8.00. The van der Waals surface area contributed by atoms with Crippen LogP contribution in [-0.2, 0) is 16.0 Å². The van der Waals surface area contributed by atoms with Gasteiger partial charge in [-0.3, -0.25) is 0 Å². The van der Waals surface area contributed by atoms with Crippen molar-refractivity contribution in [2.75, 3.05) is 7.11 Å². The number of carbonyl (C=O) groups is 1. The van der Waals surface area contributed by atoms with Gasteiger partial charge in [-0.2, -0.15) is 0 Å². The summed E-state index contributed by atoms with van der Waals surface area (Å²) in [5.41, 5.74) is 4.38. The van der Waals surface area contributed by atoms with Crippen molar-refractivity contribution in [2.24, 2.45) is 0 Å². The molecule has 1 atom stereocenters. The zero-order valence-corrected chi connectivity index (χ0v) is 8.00. The molecule has 0 aliphatic carbocycles. The topological polar surface area (TPSA) is 53.9 Å². The van der Waals surface area contributed by atoms with E-state index in [0.717, 1.165) is 5.56 Å². The average molecular weight is 198 g/mol. The van der Waals surface area contributed by atoms with Crippen LogP contribution in [0.25, 0.3) is 0 Å². The van der Waals surface area contributed by atoms with Gasteiger partial charge in [-0.25, -0.2) is 9.18 Å². The van der Waals surface area contributed by atoms with Crippen LogP contribution >= 0.6 is 0 Å². The second-order valence-corrected chi connectivity index (χ2v) is 3.05. The molecule has 0 spiro atoms. The Morgan fingerprint density at radius 2 is 2.36 bits per heavy atom. The maximum absolute atomic E-state index is 12.8. The third-order valence-corrected chi connectivity index (χ3v) is 1.91. The van der Waals surface area contributed by atoms with Crippen molar-refractivity contribution in [3.05, 3.63) is 35.6 Å². The molecule has 3 N–H and O–H groups in total. The van der Waals surface area contributed by atoms with Crippen LogP contribution in [0, 0.1) is 5.82 Å². The number of carbonyl (C=O) groups excluding carboxylic acids is 1. The van der Waals surface area contributed by atoms with Gasteiger partial charge in [-0.05, 0) is 17.7 Å². The summed E-state index contributed by atoms with van der Waals surface area (Å²) >= 11 is 0. The Bertz CT molecular complexity index is 328. The van der Waals surface area contributed by atoms with Gasteiger partial charge in [0.2, 0.25) is 0 Å². The minimum absolute atomic E-state index is 0.306. The summed E-state index contributed by atoms with van der Waals surface area (Å²) in [6, 6.07) is 5.63. The lowest BCUT2D eigenvalue weighted by molar-refractivity contribution is -0.407. The number of methoxy groups -OCH3 is 1. The molecule has 0 heterocycles. The predicted molar refractivity (Wildman–Crippen MR) is 48.8 cm³/mol. The van der Waals surface area contributed by atoms with E-state index in [1.165, 1.54) is 19.2 Å². The van der Waals surface area contributed by atoms with E-state index >= 15 is 0 Å². The van der Waals surface area contributed by atoms with E-state index in [2.05, 4.69) is 10.5 Å². The van der Waals surface area contributed by atoms with Gasteiger partial charge in [-0.1, -0.05) is 12.1 Å². The second-order valence-electron chi connectivity index (χ2n) is 3.05. The van der Waals surface area contributed by atoms with Gasteiger partial charge >= 0.3 is 5.97 Å². The van der Waals surface area contributed by atoms with E-state index in [0.29, 0.717) is 6.42 Å². The first kappa shape index (κ1) is 10.7. The number of halogens is 1. The third-order valence-electron chi connectivity index (χ3n) is 1.91. The molecule has 4 heteroatoms. The zero-order chi connectivity index (χ0) is 10.6. The fourth-order valence-electron chi connectivity index (χ4n) is 1.20. The molecule has 1 aromatic rings. The number of hydrogen-bond donors (Lipinski definition) is 1. The van der Waals surface area contributed by atoms with Crippen LogP contribution in [0.5, 0.6) is 0 Å². The Morgan fingerprint density at radius 3 is 2.93 bits per heavy atom. The maximum Gasteiger partial charge on any atom is 0.364 e. The summed E-state index contributed by atoms with van der Waals surface area (Å²) in [4.78, 5) is 11.0. The van der Waals surface area contributed by atoms with E-state index in [1.54, 1.807) is 12.1 Å². The molecule has 0 saturated heterocycles. The summed E-state index contributed by atoms with van der Waals surface area (Å²) in [7, 11) is 1.31. The standard InChI is InChI=1S/C10H12FNO2/c1-14-10(13)9(12)6-7-3-2-4-8(11)5-7/h2-5,9H,6,12H2,1H3/p+1/t9-/m1/s1. The average Bonchev–Trinajstić information content (AvgIpc) is 2.16. The third kappa shape index (κ3) is 2.81. The van der Waals surface area contributed by atoms with E-state index in [-0.39, 0.29) is 11.8 Å². The van der Waals surface area contributed by atoms with Crippen LogP contribution in [0.15, 0.2) is 24.3 Å². The van der Waals surface area contributed by atoms with Crippen molar-refractivity contribution in [1.29, 1.82) is 0 Å². The first-order valence-corrected chi connectivity index (χ1v) is 4.29. The molecule has 0 saturated carbocycles. The van der Waals surface area contributed by atoms with Gasteiger partial charge in [0, 0.05) is 6.42 Å². The van der Waals surface area contributed by atoms with Crippen molar-refractivity contribution in [3.63, 3.8) is 0 Å².